The summed E-state index contributed by atoms with van der Waals surface area (Å²) in [5, 5.41) is 10.6. The van der Waals surface area contributed by atoms with Crippen LogP contribution in [0.2, 0.25) is 0 Å². The number of nitrogens with zero attached hydrogens (tertiary/aromatic N) is 1. The Kier molecular flexibility index (Phi) is 5.98. The molecule has 0 aromatic heterocycles. The lowest BCUT2D eigenvalue weighted by Gasteiger charge is -2.12. The predicted molar refractivity (Wildman–Crippen MR) is 75.6 cm³/mol. The normalized spacial score (nSPS) is 12.2. The summed E-state index contributed by atoms with van der Waals surface area (Å²) in [5.41, 5.74) is 0.898. The molecule has 0 saturated heterocycles. The number of benzene rings is 1. The number of nitro benzene ring substituents is 1. The van der Waals surface area contributed by atoms with Gasteiger partial charge in [0.05, 0.1) is 11.5 Å². The summed E-state index contributed by atoms with van der Waals surface area (Å²) >= 11 is 4.19. The van der Waals surface area contributed by atoms with Gasteiger partial charge in [0.2, 0.25) is 0 Å². The summed E-state index contributed by atoms with van der Waals surface area (Å²) in [4.78, 5) is 10.2. The fourth-order valence-corrected chi connectivity index (χ4v) is 2.08. The van der Waals surface area contributed by atoms with Crippen molar-refractivity contribution in [3.63, 3.8) is 0 Å². The fourth-order valence-electron chi connectivity index (χ4n) is 1.64. The molecule has 4 nitrogen and oxygen atoms in total. The van der Waals surface area contributed by atoms with Crippen LogP contribution in [0.3, 0.4) is 0 Å². The number of nitro groups is 1. The van der Waals surface area contributed by atoms with E-state index in [1.54, 1.807) is 6.07 Å². The van der Waals surface area contributed by atoms with Gasteiger partial charge in [-0.1, -0.05) is 6.92 Å². The van der Waals surface area contributed by atoms with Crippen LogP contribution in [-0.4, -0.2) is 17.3 Å². The maximum Gasteiger partial charge on any atom is 0.269 e. The minimum Gasteiger partial charge on any atom is -0.493 e. The van der Waals surface area contributed by atoms with Gasteiger partial charge in [0.1, 0.15) is 5.75 Å². The Morgan fingerprint density at radius 1 is 1.44 bits per heavy atom. The number of hydrogen-bond donors (Lipinski definition) is 1. The molecule has 1 unspecified atom stereocenters. The third kappa shape index (κ3) is 4.56. The summed E-state index contributed by atoms with van der Waals surface area (Å²) in [7, 11) is 0. The van der Waals surface area contributed by atoms with E-state index < -0.39 is 4.92 Å². The van der Waals surface area contributed by atoms with Gasteiger partial charge in [-0.3, -0.25) is 10.1 Å². The minimum absolute atomic E-state index is 0.100. The summed E-state index contributed by atoms with van der Waals surface area (Å²) in [6.07, 6.45) is 2.04. The monoisotopic (exact) mass is 269 g/mol. The molecule has 0 aliphatic heterocycles. The first-order valence-electron chi connectivity index (χ1n) is 6.03. The van der Waals surface area contributed by atoms with Crippen LogP contribution in [-0.2, 0) is 0 Å². The van der Waals surface area contributed by atoms with E-state index in [9.17, 15) is 10.1 Å². The first kappa shape index (κ1) is 14.8. The topological polar surface area (TPSA) is 52.4 Å². The van der Waals surface area contributed by atoms with Crippen molar-refractivity contribution in [2.45, 2.75) is 26.7 Å². The van der Waals surface area contributed by atoms with Crippen LogP contribution in [0.5, 0.6) is 5.75 Å². The Labute approximate surface area is 113 Å². The number of hydrogen-bond acceptors (Lipinski definition) is 4. The van der Waals surface area contributed by atoms with E-state index in [1.807, 2.05) is 6.92 Å². The van der Waals surface area contributed by atoms with E-state index in [0.29, 0.717) is 12.5 Å². The molecule has 0 amide bonds. The molecule has 0 fully saturated rings. The van der Waals surface area contributed by atoms with Crippen molar-refractivity contribution in [1.82, 2.24) is 0 Å². The molecule has 5 heteroatoms. The van der Waals surface area contributed by atoms with E-state index in [2.05, 4.69) is 19.6 Å². The standard InChI is InChI=1S/C13H19NO3S/c1-10(6-8-18)5-7-17-13-4-3-12(14(15)16)9-11(13)2/h3-4,9-10,18H,5-8H2,1-2H3. The Morgan fingerprint density at radius 2 is 2.17 bits per heavy atom. The van der Waals surface area contributed by atoms with Crippen molar-refractivity contribution in [2.24, 2.45) is 5.92 Å². The molecule has 0 N–H and O–H groups in total. The van der Waals surface area contributed by atoms with Crippen molar-refractivity contribution < 1.29 is 9.66 Å². The van der Waals surface area contributed by atoms with Crippen LogP contribution in [0.1, 0.15) is 25.3 Å². The average Bonchev–Trinajstić information content (AvgIpc) is 2.31. The molecule has 18 heavy (non-hydrogen) atoms. The van der Waals surface area contributed by atoms with E-state index in [0.717, 1.165) is 29.9 Å². The molecule has 1 aromatic carbocycles. The highest BCUT2D eigenvalue weighted by Crippen LogP contribution is 2.23. The number of rotatable bonds is 7. The zero-order valence-electron chi connectivity index (χ0n) is 10.8. The Hall–Kier alpha value is -1.23. The molecule has 1 atom stereocenters. The van der Waals surface area contributed by atoms with Gasteiger partial charge in [-0.25, -0.2) is 0 Å². The maximum atomic E-state index is 10.6. The fraction of sp³-hybridized carbons (Fsp3) is 0.538. The van der Waals surface area contributed by atoms with Gasteiger partial charge in [0.25, 0.3) is 5.69 Å². The molecule has 0 radical (unpaired) electrons. The predicted octanol–water partition coefficient (Wildman–Crippen LogP) is 3.63. The highest BCUT2D eigenvalue weighted by molar-refractivity contribution is 7.80. The molecule has 0 aliphatic rings. The lowest BCUT2D eigenvalue weighted by Crippen LogP contribution is -2.05. The SMILES string of the molecule is Cc1cc([N+](=O)[O-])ccc1OCCC(C)CCS. The van der Waals surface area contributed by atoms with Gasteiger partial charge in [-0.05, 0) is 43.1 Å². The van der Waals surface area contributed by atoms with Gasteiger partial charge >= 0.3 is 0 Å². The lowest BCUT2D eigenvalue weighted by molar-refractivity contribution is -0.384. The molecule has 0 aliphatic carbocycles. The summed E-state index contributed by atoms with van der Waals surface area (Å²) in [6, 6.07) is 4.67. The van der Waals surface area contributed by atoms with Crippen LogP contribution in [0.4, 0.5) is 5.69 Å². The number of aryl methyl sites for hydroxylation is 1. The van der Waals surface area contributed by atoms with E-state index >= 15 is 0 Å². The average molecular weight is 269 g/mol. The van der Waals surface area contributed by atoms with Crippen LogP contribution >= 0.6 is 12.6 Å². The molecular formula is C13H19NO3S. The quantitative estimate of drug-likeness (QED) is 0.467. The van der Waals surface area contributed by atoms with Crippen molar-refractivity contribution in [3.8, 4) is 5.75 Å². The van der Waals surface area contributed by atoms with E-state index in [1.165, 1.54) is 12.1 Å². The Morgan fingerprint density at radius 3 is 2.72 bits per heavy atom. The van der Waals surface area contributed by atoms with Gasteiger partial charge in [0.15, 0.2) is 0 Å². The van der Waals surface area contributed by atoms with Gasteiger partial charge in [-0.2, -0.15) is 12.6 Å². The Bertz CT molecular complexity index is 409. The molecule has 0 heterocycles. The van der Waals surface area contributed by atoms with Gasteiger partial charge < -0.3 is 4.74 Å². The van der Waals surface area contributed by atoms with Crippen LogP contribution in [0.25, 0.3) is 0 Å². The zero-order valence-corrected chi connectivity index (χ0v) is 11.7. The van der Waals surface area contributed by atoms with Crippen LogP contribution < -0.4 is 4.74 Å². The van der Waals surface area contributed by atoms with Crippen LogP contribution in [0.15, 0.2) is 18.2 Å². The highest BCUT2D eigenvalue weighted by Gasteiger charge is 2.09. The molecular weight excluding hydrogens is 250 g/mol. The van der Waals surface area contributed by atoms with Crippen molar-refractivity contribution >= 4 is 18.3 Å². The van der Waals surface area contributed by atoms with E-state index in [-0.39, 0.29) is 5.69 Å². The molecule has 100 valence electrons. The third-order valence-corrected chi connectivity index (χ3v) is 3.12. The molecule has 0 spiro atoms. The molecule has 0 bridgehead atoms. The van der Waals surface area contributed by atoms with Gasteiger partial charge in [0, 0.05) is 12.1 Å². The number of ether oxygens (including phenoxy) is 1. The van der Waals surface area contributed by atoms with Crippen LogP contribution in [0, 0.1) is 23.0 Å². The second-order valence-corrected chi connectivity index (χ2v) is 4.91. The molecule has 1 rings (SSSR count). The number of non-ortho nitro benzene ring substituents is 1. The van der Waals surface area contributed by atoms with Gasteiger partial charge in [-0.15, -0.1) is 0 Å². The zero-order chi connectivity index (χ0) is 13.5. The largest absolute Gasteiger partial charge is 0.493 e. The second kappa shape index (κ2) is 7.26. The summed E-state index contributed by atoms with van der Waals surface area (Å²) in [5.74, 6) is 2.19. The highest BCUT2D eigenvalue weighted by atomic mass is 32.1. The Balaban J connectivity index is 2.50. The molecule has 1 aromatic rings. The lowest BCUT2D eigenvalue weighted by atomic mass is 10.1. The minimum atomic E-state index is -0.397. The van der Waals surface area contributed by atoms with Crippen molar-refractivity contribution in [2.75, 3.05) is 12.4 Å². The first-order valence-corrected chi connectivity index (χ1v) is 6.66. The third-order valence-electron chi connectivity index (χ3n) is 2.86. The van der Waals surface area contributed by atoms with Crippen molar-refractivity contribution in [3.05, 3.63) is 33.9 Å². The maximum absolute atomic E-state index is 10.6. The van der Waals surface area contributed by atoms with E-state index in [4.69, 9.17) is 4.74 Å². The summed E-state index contributed by atoms with van der Waals surface area (Å²) in [6.45, 7) is 4.62. The number of thiol groups is 1. The summed E-state index contributed by atoms with van der Waals surface area (Å²) < 4.78 is 5.64. The smallest absolute Gasteiger partial charge is 0.269 e. The first-order chi connectivity index (χ1) is 8.54. The molecule has 0 saturated carbocycles. The van der Waals surface area contributed by atoms with Crippen molar-refractivity contribution in [1.29, 1.82) is 0 Å². The second-order valence-electron chi connectivity index (χ2n) is 4.46.